The average molecular weight is 251 g/mol. The Kier molecular flexibility index (Phi) is 3.11. The Labute approximate surface area is 105 Å². The normalized spacial score (nSPS) is 24.3. The standard InChI is InChI=1S/C12H17N3O3/c1-6-10(9(4)18-14-6)5-15-8(3)11(16)13-7(2)12(15)17/h7-8H,5H2,1-4H3,(H,13,16). The molecule has 2 unspecified atom stereocenters. The van der Waals surface area contributed by atoms with Gasteiger partial charge in [0.25, 0.3) is 0 Å². The molecule has 1 aromatic rings. The van der Waals surface area contributed by atoms with Gasteiger partial charge in [0.05, 0.1) is 12.2 Å². The zero-order valence-corrected chi connectivity index (χ0v) is 11.0. The van der Waals surface area contributed by atoms with Crippen molar-refractivity contribution in [1.29, 1.82) is 0 Å². The van der Waals surface area contributed by atoms with Crippen molar-refractivity contribution < 1.29 is 14.1 Å². The van der Waals surface area contributed by atoms with Gasteiger partial charge in [0, 0.05) is 5.56 Å². The van der Waals surface area contributed by atoms with E-state index >= 15 is 0 Å². The predicted molar refractivity (Wildman–Crippen MR) is 63.6 cm³/mol. The Bertz CT molecular complexity index is 475. The van der Waals surface area contributed by atoms with Crippen LogP contribution in [0.5, 0.6) is 0 Å². The number of carbonyl (C=O) groups is 2. The van der Waals surface area contributed by atoms with Gasteiger partial charge in [0.15, 0.2) is 0 Å². The van der Waals surface area contributed by atoms with Crippen LogP contribution in [-0.2, 0) is 16.1 Å². The minimum Gasteiger partial charge on any atom is -0.361 e. The Hall–Kier alpha value is -1.85. The van der Waals surface area contributed by atoms with Crippen LogP contribution in [0.25, 0.3) is 0 Å². The summed E-state index contributed by atoms with van der Waals surface area (Å²) in [6.45, 7) is 7.40. The molecule has 0 spiro atoms. The molecule has 2 rings (SSSR count). The highest BCUT2D eigenvalue weighted by atomic mass is 16.5. The predicted octanol–water partition coefficient (Wildman–Crippen LogP) is 0.527. The van der Waals surface area contributed by atoms with E-state index in [1.807, 2.05) is 6.92 Å². The number of piperazine rings is 1. The van der Waals surface area contributed by atoms with Crippen molar-refractivity contribution >= 4 is 11.8 Å². The molecule has 0 aromatic carbocycles. The molecule has 0 radical (unpaired) electrons. The minimum absolute atomic E-state index is 0.0814. The first-order chi connectivity index (χ1) is 8.41. The van der Waals surface area contributed by atoms with Gasteiger partial charge in [-0.05, 0) is 27.7 Å². The molecule has 2 amide bonds. The number of aromatic nitrogens is 1. The maximum atomic E-state index is 12.1. The van der Waals surface area contributed by atoms with Crippen LogP contribution >= 0.6 is 0 Å². The van der Waals surface area contributed by atoms with Crippen molar-refractivity contribution in [3.63, 3.8) is 0 Å². The third kappa shape index (κ3) is 1.98. The van der Waals surface area contributed by atoms with Gasteiger partial charge in [0.2, 0.25) is 11.8 Å². The molecule has 0 aliphatic carbocycles. The Morgan fingerprint density at radius 2 is 2.00 bits per heavy atom. The summed E-state index contributed by atoms with van der Waals surface area (Å²) in [6.07, 6.45) is 0. The van der Waals surface area contributed by atoms with E-state index in [1.54, 1.807) is 25.7 Å². The summed E-state index contributed by atoms with van der Waals surface area (Å²) >= 11 is 0. The molecule has 1 aromatic heterocycles. The van der Waals surface area contributed by atoms with Crippen LogP contribution in [0.1, 0.15) is 30.9 Å². The molecule has 98 valence electrons. The summed E-state index contributed by atoms with van der Waals surface area (Å²) in [4.78, 5) is 25.4. The maximum Gasteiger partial charge on any atom is 0.245 e. The van der Waals surface area contributed by atoms with E-state index in [4.69, 9.17) is 4.52 Å². The summed E-state index contributed by atoms with van der Waals surface area (Å²) in [5.41, 5.74) is 1.63. The second-order valence-corrected chi connectivity index (χ2v) is 4.68. The number of hydrogen-bond acceptors (Lipinski definition) is 4. The maximum absolute atomic E-state index is 12.1. The third-order valence-electron chi connectivity index (χ3n) is 3.37. The van der Waals surface area contributed by atoms with Crippen molar-refractivity contribution in [3.8, 4) is 0 Å². The average Bonchev–Trinajstić information content (AvgIpc) is 2.63. The van der Waals surface area contributed by atoms with Crippen LogP contribution in [0.4, 0.5) is 0 Å². The number of nitrogens with zero attached hydrogens (tertiary/aromatic N) is 2. The monoisotopic (exact) mass is 251 g/mol. The molecule has 2 heterocycles. The SMILES string of the molecule is Cc1noc(C)c1CN1C(=O)C(C)NC(=O)C1C. The summed E-state index contributed by atoms with van der Waals surface area (Å²) in [6, 6.07) is -0.948. The second-order valence-electron chi connectivity index (χ2n) is 4.68. The molecule has 6 heteroatoms. The fourth-order valence-corrected chi connectivity index (χ4v) is 2.09. The first-order valence-electron chi connectivity index (χ1n) is 5.94. The van der Waals surface area contributed by atoms with Crippen molar-refractivity contribution in [3.05, 3.63) is 17.0 Å². The molecule has 0 bridgehead atoms. The van der Waals surface area contributed by atoms with E-state index < -0.39 is 12.1 Å². The molecule has 1 fully saturated rings. The molecule has 1 saturated heterocycles. The summed E-state index contributed by atoms with van der Waals surface area (Å²) in [7, 11) is 0. The molecule has 2 atom stereocenters. The highest BCUT2D eigenvalue weighted by molar-refractivity contribution is 5.96. The quantitative estimate of drug-likeness (QED) is 0.831. The minimum atomic E-state index is -0.478. The molecular formula is C12H17N3O3. The Morgan fingerprint density at radius 1 is 1.33 bits per heavy atom. The summed E-state index contributed by atoms with van der Waals surface area (Å²) in [5, 5.41) is 6.50. The number of aryl methyl sites for hydroxylation is 2. The molecule has 0 saturated carbocycles. The largest absolute Gasteiger partial charge is 0.361 e. The fraction of sp³-hybridized carbons (Fsp3) is 0.583. The van der Waals surface area contributed by atoms with E-state index in [-0.39, 0.29) is 11.8 Å². The lowest BCUT2D eigenvalue weighted by molar-refractivity contribution is -0.148. The number of rotatable bonds is 2. The van der Waals surface area contributed by atoms with Crippen molar-refractivity contribution in [1.82, 2.24) is 15.4 Å². The van der Waals surface area contributed by atoms with Crippen LogP contribution in [0.3, 0.4) is 0 Å². The van der Waals surface area contributed by atoms with Gasteiger partial charge in [-0.2, -0.15) is 0 Å². The van der Waals surface area contributed by atoms with Crippen LogP contribution in [0.2, 0.25) is 0 Å². The van der Waals surface area contributed by atoms with E-state index in [2.05, 4.69) is 10.5 Å². The first-order valence-corrected chi connectivity index (χ1v) is 5.94. The van der Waals surface area contributed by atoms with E-state index in [0.29, 0.717) is 12.3 Å². The van der Waals surface area contributed by atoms with Crippen molar-refractivity contribution in [2.75, 3.05) is 0 Å². The van der Waals surface area contributed by atoms with Gasteiger partial charge in [-0.3, -0.25) is 9.59 Å². The lowest BCUT2D eigenvalue weighted by Gasteiger charge is -2.36. The molecule has 1 aliphatic rings. The van der Waals surface area contributed by atoms with Gasteiger partial charge >= 0.3 is 0 Å². The van der Waals surface area contributed by atoms with E-state index in [9.17, 15) is 9.59 Å². The smallest absolute Gasteiger partial charge is 0.245 e. The zero-order valence-electron chi connectivity index (χ0n) is 11.0. The van der Waals surface area contributed by atoms with Gasteiger partial charge in [-0.15, -0.1) is 0 Å². The summed E-state index contributed by atoms with van der Waals surface area (Å²) in [5.74, 6) is 0.474. The van der Waals surface area contributed by atoms with Gasteiger partial charge in [0.1, 0.15) is 17.8 Å². The van der Waals surface area contributed by atoms with E-state index in [1.165, 1.54) is 0 Å². The number of carbonyl (C=O) groups excluding carboxylic acids is 2. The highest BCUT2D eigenvalue weighted by Gasteiger charge is 2.36. The van der Waals surface area contributed by atoms with Crippen LogP contribution in [-0.4, -0.2) is 34.0 Å². The van der Waals surface area contributed by atoms with Crippen LogP contribution < -0.4 is 5.32 Å². The van der Waals surface area contributed by atoms with E-state index in [0.717, 1.165) is 11.3 Å². The molecule has 6 nitrogen and oxygen atoms in total. The lowest BCUT2D eigenvalue weighted by Crippen LogP contribution is -2.61. The number of nitrogens with one attached hydrogen (secondary N) is 1. The highest BCUT2D eigenvalue weighted by Crippen LogP contribution is 2.19. The molecule has 1 N–H and O–H groups in total. The van der Waals surface area contributed by atoms with Gasteiger partial charge in [-0.25, -0.2) is 0 Å². The van der Waals surface area contributed by atoms with Gasteiger partial charge in [-0.1, -0.05) is 5.16 Å². The van der Waals surface area contributed by atoms with Crippen LogP contribution in [0, 0.1) is 13.8 Å². The zero-order chi connectivity index (χ0) is 13.4. The third-order valence-corrected chi connectivity index (χ3v) is 3.37. The molecule has 18 heavy (non-hydrogen) atoms. The number of amides is 2. The number of hydrogen-bond donors (Lipinski definition) is 1. The van der Waals surface area contributed by atoms with Crippen molar-refractivity contribution in [2.45, 2.75) is 46.3 Å². The Balaban J connectivity index is 2.26. The van der Waals surface area contributed by atoms with Crippen LogP contribution in [0.15, 0.2) is 4.52 Å². The van der Waals surface area contributed by atoms with Crippen molar-refractivity contribution in [2.24, 2.45) is 0 Å². The second kappa shape index (κ2) is 4.44. The molecule has 1 aliphatic heterocycles. The Morgan fingerprint density at radius 3 is 2.56 bits per heavy atom. The summed E-state index contributed by atoms with van der Waals surface area (Å²) < 4.78 is 5.07. The first kappa shape index (κ1) is 12.6. The van der Waals surface area contributed by atoms with Gasteiger partial charge < -0.3 is 14.7 Å². The fourth-order valence-electron chi connectivity index (χ4n) is 2.09. The molecular weight excluding hydrogens is 234 g/mol. The lowest BCUT2D eigenvalue weighted by atomic mass is 10.1. The topological polar surface area (TPSA) is 75.4 Å².